The van der Waals surface area contributed by atoms with Crippen LogP contribution in [-0.2, 0) is 18.9 Å². The van der Waals surface area contributed by atoms with Crippen molar-refractivity contribution < 1.29 is 40.3 Å². The van der Waals surface area contributed by atoms with Crippen molar-refractivity contribution in [2.75, 3.05) is 5.32 Å². The molecule has 0 aliphatic heterocycles. The van der Waals surface area contributed by atoms with Crippen molar-refractivity contribution in [3.05, 3.63) is 81.5 Å². The number of aromatic nitrogens is 6. The maximum Gasteiger partial charge on any atom is 0.460 e. The van der Waals surface area contributed by atoms with Crippen LogP contribution in [-0.4, -0.2) is 59.7 Å². The van der Waals surface area contributed by atoms with E-state index in [0.717, 1.165) is 23.6 Å². The third-order valence-corrected chi connectivity index (χ3v) is 7.29. The maximum atomic E-state index is 14.2. The normalized spacial score (nSPS) is 13.7. The second kappa shape index (κ2) is 12.3. The van der Waals surface area contributed by atoms with Crippen LogP contribution in [0.2, 0.25) is 5.02 Å². The summed E-state index contributed by atoms with van der Waals surface area (Å²) in [7, 11) is 0. The highest BCUT2D eigenvalue weighted by Crippen LogP contribution is 2.51. The number of nitrogens with one attached hydrogen (secondary N) is 2. The fraction of sp³-hybridized carbons (Fsp3) is 0.321. The number of carbonyl (C=O) groups is 2. The predicted octanol–water partition coefficient (Wildman–Crippen LogP) is 5.43. The molecule has 19 heteroatoms. The quantitative estimate of drug-likeness (QED) is 0.212. The lowest BCUT2D eigenvalue weighted by Crippen LogP contribution is -2.50. The molecule has 1 fully saturated rings. The van der Waals surface area contributed by atoms with Gasteiger partial charge in [-0.3, -0.25) is 9.59 Å². The first-order valence-corrected chi connectivity index (χ1v) is 14.1. The number of carbonyl (C=O) groups excluding carboxylic acids is 2. The van der Waals surface area contributed by atoms with E-state index in [1.54, 1.807) is 6.92 Å². The number of aryl methyl sites for hydroxylation is 1. The molecule has 0 saturated heterocycles. The molecule has 1 aromatic carbocycles. The first kappa shape index (κ1) is 33.3. The van der Waals surface area contributed by atoms with E-state index in [1.165, 1.54) is 30.5 Å². The van der Waals surface area contributed by atoms with Gasteiger partial charge in [-0.05, 0) is 55.2 Å². The molecular formula is C28H21ClF7N9O2. The van der Waals surface area contributed by atoms with Crippen molar-refractivity contribution in [3.8, 4) is 11.9 Å². The van der Waals surface area contributed by atoms with Gasteiger partial charge in [0.2, 0.25) is 0 Å². The molecule has 1 aliphatic carbocycles. The lowest BCUT2D eigenvalue weighted by Gasteiger charge is -2.26. The van der Waals surface area contributed by atoms with Gasteiger partial charge in [0.25, 0.3) is 11.8 Å². The number of halogens is 8. The summed E-state index contributed by atoms with van der Waals surface area (Å²) >= 11 is 6.29. The van der Waals surface area contributed by atoms with Gasteiger partial charge in [-0.25, -0.2) is 14.3 Å². The van der Waals surface area contributed by atoms with E-state index in [4.69, 9.17) is 11.6 Å². The predicted molar refractivity (Wildman–Crippen MR) is 149 cm³/mol. The zero-order chi connectivity index (χ0) is 34.3. The average molecular weight is 684 g/mol. The molecule has 0 radical (unpaired) electrons. The Morgan fingerprint density at radius 3 is 2.45 bits per heavy atom. The van der Waals surface area contributed by atoms with Crippen molar-refractivity contribution in [2.45, 2.75) is 56.8 Å². The Balaban J connectivity index is 1.52. The SMILES string of the molecule is CCc1cc(C#N)cc(C(=O)NC2CC2)c1NC(=O)c1cc(Cn2cc(C(F)(F)C(F)(F)C(F)(F)F)nn2)nn1-c1ncccc1Cl. The zero-order valence-electron chi connectivity index (χ0n) is 23.9. The molecule has 5 rings (SSSR count). The van der Waals surface area contributed by atoms with Crippen molar-refractivity contribution >= 4 is 29.1 Å². The van der Waals surface area contributed by atoms with E-state index in [-0.39, 0.29) is 51.3 Å². The van der Waals surface area contributed by atoms with Crippen LogP contribution in [0, 0.1) is 11.3 Å². The number of hydrogen-bond donors (Lipinski definition) is 2. The summed E-state index contributed by atoms with van der Waals surface area (Å²) in [6.45, 7) is 1.12. The monoisotopic (exact) mass is 683 g/mol. The first-order chi connectivity index (χ1) is 22.1. The fourth-order valence-electron chi connectivity index (χ4n) is 4.43. The molecule has 2 N–H and O–H groups in total. The van der Waals surface area contributed by atoms with Crippen LogP contribution < -0.4 is 10.6 Å². The Morgan fingerprint density at radius 1 is 1.11 bits per heavy atom. The number of pyridine rings is 1. The summed E-state index contributed by atoms with van der Waals surface area (Å²) in [6, 6.07) is 8.81. The Kier molecular flexibility index (Phi) is 8.71. The Morgan fingerprint density at radius 2 is 1.83 bits per heavy atom. The summed E-state index contributed by atoms with van der Waals surface area (Å²) < 4.78 is 94.9. The minimum atomic E-state index is -6.58. The number of hydrogen-bond acceptors (Lipinski definition) is 7. The number of anilines is 1. The van der Waals surface area contributed by atoms with Gasteiger partial charge in [0, 0.05) is 12.2 Å². The lowest BCUT2D eigenvalue weighted by molar-refractivity contribution is -0.360. The van der Waals surface area contributed by atoms with Gasteiger partial charge in [-0.1, -0.05) is 23.7 Å². The second-order valence-electron chi connectivity index (χ2n) is 10.4. The van der Waals surface area contributed by atoms with Gasteiger partial charge in [0.05, 0.1) is 46.3 Å². The zero-order valence-corrected chi connectivity index (χ0v) is 24.7. The fourth-order valence-corrected chi connectivity index (χ4v) is 4.63. The van der Waals surface area contributed by atoms with Gasteiger partial charge < -0.3 is 10.6 Å². The molecule has 3 heterocycles. The first-order valence-electron chi connectivity index (χ1n) is 13.7. The van der Waals surface area contributed by atoms with Gasteiger partial charge in [-0.15, -0.1) is 5.10 Å². The molecular weight excluding hydrogens is 663 g/mol. The second-order valence-corrected chi connectivity index (χ2v) is 10.8. The van der Waals surface area contributed by atoms with Crippen LogP contribution in [0.4, 0.5) is 36.4 Å². The Labute approximate surface area is 265 Å². The standard InChI is InChI=1S/C28H21ClF7N9O2/c1-2-15-8-14(11-37)9-18(24(46)39-16-5-6-16)22(15)40-25(47)20-10-17(42-45(20)23-19(29)4-3-7-38-23)12-44-13-21(41-43-44)26(30,31)27(32,33)28(34,35)36/h3-4,7-10,13,16H,2,5-6,12H2,1H3,(H,39,46)(H,40,47). The molecule has 3 aromatic heterocycles. The highest BCUT2D eigenvalue weighted by molar-refractivity contribution is 6.32. The number of nitrogens with zero attached hydrogens (tertiary/aromatic N) is 7. The van der Waals surface area contributed by atoms with E-state index in [2.05, 4.69) is 31.0 Å². The van der Waals surface area contributed by atoms with Crippen molar-refractivity contribution in [1.29, 1.82) is 5.26 Å². The largest absolute Gasteiger partial charge is 0.460 e. The minimum Gasteiger partial charge on any atom is -0.349 e. The molecule has 0 spiro atoms. The Hall–Kier alpha value is -5.05. The van der Waals surface area contributed by atoms with E-state index >= 15 is 0 Å². The minimum absolute atomic E-state index is 0.0189. The maximum absolute atomic E-state index is 14.2. The van der Waals surface area contributed by atoms with E-state index < -0.39 is 42.1 Å². The topological polar surface area (TPSA) is 143 Å². The van der Waals surface area contributed by atoms with Gasteiger partial charge in [0.15, 0.2) is 11.5 Å². The van der Waals surface area contributed by atoms with Crippen LogP contribution in [0.5, 0.6) is 0 Å². The molecule has 0 atom stereocenters. The van der Waals surface area contributed by atoms with Crippen molar-refractivity contribution in [1.82, 2.24) is 35.1 Å². The van der Waals surface area contributed by atoms with Crippen LogP contribution in [0.3, 0.4) is 0 Å². The van der Waals surface area contributed by atoms with Crippen LogP contribution in [0.15, 0.2) is 42.7 Å². The highest BCUT2D eigenvalue weighted by Gasteiger charge is 2.74. The third-order valence-electron chi connectivity index (χ3n) is 6.99. The van der Waals surface area contributed by atoms with E-state index in [1.807, 2.05) is 6.07 Å². The summed E-state index contributed by atoms with van der Waals surface area (Å²) in [6.07, 6.45) is -3.20. The molecule has 1 saturated carbocycles. The number of amides is 2. The molecule has 0 bridgehead atoms. The number of rotatable bonds is 10. The van der Waals surface area contributed by atoms with Crippen molar-refractivity contribution in [3.63, 3.8) is 0 Å². The third kappa shape index (κ3) is 6.48. The molecule has 47 heavy (non-hydrogen) atoms. The molecule has 4 aromatic rings. The molecule has 0 unspecified atom stereocenters. The highest BCUT2D eigenvalue weighted by atomic mass is 35.5. The van der Waals surface area contributed by atoms with Gasteiger partial charge >= 0.3 is 18.0 Å². The lowest BCUT2D eigenvalue weighted by atomic mass is 10.00. The number of benzene rings is 1. The number of alkyl halides is 7. The van der Waals surface area contributed by atoms with Crippen molar-refractivity contribution in [2.24, 2.45) is 0 Å². The van der Waals surface area contributed by atoms with Gasteiger partial charge in [-0.2, -0.15) is 41.1 Å². The summed E-state index contributed by atoms with van der Waals surface area (Å²) in [4.78, 5) is 31.0. The number of nitriles is 1. The van der Waals surface area contributed by atoms with Gasteiger partial charge in [0.1, 0.15) is 5.69 Å². The summed E-state index contributed by atoms with van der Waals surface area (Å²) in [5, 5.41) is 25.3. The van der Waals surface area contributed by atoms with Crippen LogP contribution in [0.1, 0.15) is 63.1 Å². The van der Waals surface area contributed by atoms with Crippen LogP contribution in [0.25, 0.3) is 5.82 Å². The summed E-state index contributed by atoms with van der Waals surface area (Å²) in [5.41, 5.74) is -1.57. The van der Waals surface area contributed by atoms with E-state index in [9.17, 15) is 45.6 Å². The molecule has 2 amide bonds. The average Bonchev–Trinajstić information content (AvgIpc) is 3.52. The Bertz CT molecular complexity index is 1900. The molecule has 11 nitrogen and oxygen atoms in total. The summed E-state index contributed by atoms with van der Waals surface area (Å²) in [5.74, 6) is -13.6. The molecule has 246 valence electrons. The van der Waals surface area contributed by atoms with E-state index in [0.29, 0.717) is 16.7 Å². The smallest absolute Gasteiger partial charge is 0.349 e. The van der Waals surface area contributed by atoms with Crippen LogP contribution >= 0.6 is 11.6 Å². The molecule has 1 aliphatic rings.